The molecule has 0 unspecified atom stereocenters. The molecule has 3 rings (SSSR count). The van der Waals surface area contributed by atoms with Crippen molar-refractivity contribution >= 4 is 52.3 Å². The average Bonchev–Trinajstić information content (AvgIpc) is 2.77. The van der Waals surface area contributed by atoms with Gasteiger partial charge in [-0.05, 0) is 36.4 Å². The van der Waals surface area contributed by atoms with Crippen LogP contribution in [0.3, 0.4) is 0 Å². The maximum atomic E-state index is 6.09. The van der Waals surface area contributed by atoms with Gasteiger partial charge in [-0.25, -0.2) is 0 Å². The number of hydrogen-bond donors (Lipinski definition) is 3. The highest BCUT2D eigenvalue weighted by Crippen LogP contribution is 2.27. The zero-order valence-electron chi connectivity index (χ0n) is 17.6. The second-order valence-electron chi connectivity index (χ2n) is 7.00. The van der Waals surface area contributed by atoms with E-state index >= 15 is 0 Å². The summed E-state index contributed by atoms with van der Waals surface area (Å²) in [6, 6.07) is 24.2. The molecule has 31 heavy (non-hydrogen) atoms. The molecule has 0 aromatic heterocycles. The number of benzene rings is 3. The Kier molecular flexibility index (Phi) is 9.81. The van der Waals surface area contributed by atoms with E-state index < -0.39 is 0 Å². The first-order chi connectivity index (χ1) is 15.1. The Labute approximate surface area is 198 Å². The van der Waals surface area contributed by atoms with Crippen LogP contribution in [0.15, 0.2) is 87.5 Å². The highest BCUT2D eigenvalue weighted by Gasteiger charge is 2.09. The largest absolute Gasteiger partial charge is 0.398 e. The average molecular weight is 471 g/mol. The Bertz CT molecular complexity index is 829. The van der Waals surface area contributed by atoms with Crippen LogP contribution in [-0.2, 0) is 0 Å². The summed E-state index contributed by atoms with van der Waals surface area (Å²) in [5.41, 5.74) is 20.8. The SMILES string of the molecule is Nc1ccccc1SCCN(CCSc1ccccc1N)CCSc1ccccc1N. The van der Waals surface area contributed by atoms with Crippen LogP contribution in [-0.4, -0.2) is 41.8 Å². The molecule has 0 radical (unpaired) electrons. The molecule has 0 heterocycles. The van der Waals surface area contributed by atoms with Crippen LogP contribution in [0.4, 0.5) is 17.1 Å². The first-order valence-electron chi connectivity index (χ1n) is 10.3. The van der Waals surface area contributed by atoms with Crippen LogP contribution >= 0.6 is 35.3 Å². The van der Waals surface area contributed by atoms with Crippen molar-refractivity contribution in [1.82, 2.24) is 4.90 Å². The topological polar surface area (TPSA) is 81.3 Å². The van der Waals surface area contributed by atoms with Crippen LogP contribution < -0.4 is 17.2 Å². The van der Waals surface area contributed by atoms with E-state index in [1.807, 2.05) is 89.9 Å². The van der Waals surface area contributed by atoms with Crippen molar-refractivity contribution in [3.8, 4) is 0 Å². The molecule has 0 aliphatic carbocycles. The molecule has 0 saturated heterocycles. The molecule has 0 aliphatic heterocycles. The molecular formula is C24H30N4S3. The molecule has 0 amide bonds. The standard InChI is InChI=1S/C24H30N4S3/c25-19-7-1-4-10-22(19)29-16-13-28(14-17-30-23-11-5-2-8-20(23)26)15-18-31-24-12-6-3-9-21(24)27/h1-12H,13-18,25-27H2. The quantitative estimate of drug-likeness (QED) is 0.241. The number of rotatable bonds is 12. The molecule has 4 nitrogen and oxygen atoms in total. The van der Waals surface area contributed by atoms with Crippen molar-refractivity contribution in [3.63, 3.8) is 0 Å². The molecule has 0 spiro atoms. The first kappa shape index (κ1) is 23.7. The fourth-order valence-corrected chi connectivity index (χ4v) is 5.96. The predicted molar refractivity (Wildman–Crippen MR) is 141 cm³/mol. The number of nitrogen functional groups attached to an aromatic ring is 3. The summed E-state index contributed by atoms with van der Waals surface area (Å²) in [6.45, 7) is 3.03. The molecule has 3 aromatic rings. The monoisotopic (exact) mass is 470 g/mol. The van der Waals surface area contributed by atoms with Gasteiger partial charge in [0.1, 0.15) is 0 Å². The summed E-state index contributed by atoms with van der Waals surface area (Å²) in [5, 5.41) is 0. The van der Waals surface area contributed by atoms with Gasteiger partial charge in [0.25, 0.3) is 0 Å². The molecule has 3 aromatic carbocycles. The van der Waals surface area contributed by atoms with Gasteiger partial charge in [-0.1, -0.05) is 36.4 Å². The molecule has 6 N–H and O–H groups in total. The third kappa shape index (κ3) is 7.92. The van der Waals surface area contributed by atoms with Crippen LogP contribution in [0.1, 0.15) is 0 Å². The Hall–Kier alpha value is -1.93. The van der Waals surface area contributed by atoms with Gasteiger partial charge in [0.15, 0.2) is 0 Å². The fourth-order valence-electron chi connectivity index (χ4n) is 3.03. The second kappa shape index (κ2) is 12.8. The molecule has 0 aliphatic rings. The normalized spacial score (nSPS) is 11.1. The van der Waals surface area contributed by atoms with E-state index in [1.165, 1.54) is 0 Å². The highest BCUT2D eigenvalue weighted by molar-refractivity contribution is 8.00. The van der Waals surface area contributed by atoms with E-state index in [1.54, 1.807) is 0 Å². The van der Waals surface area contributed by atoms with Crippen molar-refractivity contribution in [1.29, 1.82) is 0 Å². The summed E-state index contributed by atoms with van der Waals surface area (Å²) in [6.07, 6.45) is 0. The number of nitrogens with zero attached hydrogens (tertiary/aromatic N) is 1. The van der Waals surface area contributed by atoms with Crippen molar-refractivity contribution < 1.29 is 0 Å². The molecule has 0 bridgehead atoms. The number of hydrogen-bond acceptors (Lipinski definition) is 7. The van der Waals surface area contributed by atoms with E-state index in [0.717, 1.165) is 68.6 Å². The van der Waals surface area contributed by atoms with E-state index in [0.29, 0.717) is 0 Å². The minimum Gasteiger partial charge on any atom is -0.398 e. The van der Waals surface area contributed by atoms with Gasteiger partial charge in [0, 0.05) is 68.6 Å². The fraction of sp³-hybridized carbons (Fsp3) is 0.250. The van der Waals surface area contributed by atoms with Crippen molar-refractivity contribution in [3.05, 3.63) is 72.8 Å². The van der Waals surface area contributed by atoms with Gasteiger partial charge in [0.2, 0.25) is 0 Å². The lowest BCUT2D eigenvalue weighted by Crippen LogP contribution is -2.31. The van der Waals surface area contributed by atoms with Crippen LogP contribution in [0, 0.1) is 0 Å². The van der Waals surface area contributed by atoms with Crippen molar-refractivity contribution in [2.45, 2.75) is 14.7 Å². The number of nitrogens with two attached hydrogens (primary N) is 3. The maximum absolute atomic E-state index is 6.09. The van der Waals surface area contributed by atoms with Gasteiger partial charge in [-0.15, -0.1) is 35.3 Å². The Morgan fingerprint density at radius 2 is 0.774 bits per heavy atom. The zero-order chi connectivity index (χ0) is 21.9. The van der Waals surface area contributed by atoms with E-state index in [2.05, 4.69) is 23.1 Å². The summed E-state index contributed by atoms with van der Waals surface area (Å²) < 4.78 is 0. The summed E-state index contributed by atoms with van der Waals surface area (Å²) in [5.74, 6) is 3.01. The number of para-hydroxylation sites is 3. The minimum atomic E-state index is 0.851. The van der Waals surface area contributed by atoms with Gasteiger partial charge in [-0.3, -0.25) is 0 Å². The first-order valence-corrected chi connectivity index (χ1v) is 13.2. The van der Waals surface area contributed by atoms with Gasteiger partial charge >= 0.3 is 0 Å². The lowest BCUT2D eigenvalue weighted by Gasteiger charge is -2.22. The van der Waals surface area contributed by atoms with Gasteiger partial charge in [0.05, 0.1) is 0 Å². The van der Waals surface area contributed by atoms with Crippen LogP contribution in [0.25, 0.3) is 0 Å². The number of anilines is 3. The third-order valence-electron chi connectivity index (χ3n) is 4.75. The Morgan fingerprint density at radius 1 is 0.484 bits per heavy atom. The van der Waals surface area contributed by atoms with E-state index in [9.17, 15) is 0 Å². The van der Waals surface area contributed by atoms with Crippen LogP contribution in [0.2, 0.25) is 0 Å². The van der Waals surface area contributed by atoms with E-state index in [-0.39, 0.29) is 0 Å². The van der Waals surface area contributed by atoms with Crippen molar-refractivity contribution in [2.75, 3.05) is 54.1 Å². The molecule has 0 fully saturated rings. The molecule has 0 saturated carbocycles. The van der Waals surface area contributed by atoms with Crippen LogP contribution in [0.5, 0.6) is 0 Å². The zero-order valence-corrected chi connectivity index (χ0v) is 20.0. The molecule has 0 atom stereocenters. The molecular weight excluding hydrogens is 440 g/mol. The lowest BCUT2D eigenvalue weighted by molar-refractivity contribution is 0.329. The molecule has 164 valence electrons. The lowest BCUT2D eigenvalue weighted by atomic mass is 10.3. The summed E-state index contributed by atoms with van der Waals surface area (Å²) in [4.78, 5) is 5.98. The Morgan fingerprint density at radius 3 is 1.06 bits per heavy atom. The Balaban J connectivity index is 1.51. The molecule has 7 heteroatoms. The summed E-state index contributed by atoms with van der Waals surface area (Å²) in [7, 11) is 0. The summed E-state index contributed by atoms with van der Waals surface area (Å²) >= 11 is 5.46. The van der Waals surface area contributed by atoms with Gasteiger partial charge < -0.3 is 22.1 Å². The van der Waals surface area contributed by atoms with Gasteiger partial charge in [-0.2, -0.15) is 0 Å². The smallest absolute Gasteiger partial charge is 0.0452 e. The minimum absolute atomic E-state index is 0.851. The maximum Gasteiger partial charge on any atom is 0.0452 e. The second-order valence-corrected chi connectivity index (χ2v) is 10.4. The number of thioether (sulfide) groups is 3. The predicted octanol–water partition coefficient (Wildman–Crippen LogP) is 5.41. The highest BCUT2D eigenvalue weighted by atomic mass is 32.2. The van der Waals surface area contributed by atoms with Crippen molar-refractivity contribution in [2.24, 2.45) is 0 Å². The van der Waals surface area contributed by atoms with E-state index in [4.69, 9.17) is 17.2 Å². The third-order valence-corrected chi connectivity index (χ3v) is 7.96.